The second-order valence-corrected chi connectivity index (χ2v) is 9.10. The molecule has 0 radical (unpaired) electrons. The van der Waals surface area contributed by atoms with Gasteiger partial charge in [-0.3, -0.25) is 0 Å². The fourth-order valence-corrected chi connectivity index (χ4v) is 4.54. The second-order valence-electron chi connectivity index (χ2n) is 8.23. The third-order valence-corrected chi connectivity index (χ3v) is 6.79. The number of nitrogens with zero attached hydrogens (tertiary/aromatic N) is 2. The predicted molar refractivity (Wildman–Crippen MR) is 137 cm³/mol. The van der Waals surface area contributed by atoms with Gasteiger partial charge >= 0.3 is 201 Å². The zero-order valence-corrected chi connectivity index (χ0v) is 20.6. The first-order valence-corrected chi connectivity index (χ1v) is 11.8. The van der Waals surface area contributed by atoms with E-state index in [0.29, 0.717) is 6.42 Å². The van der Waals surface area contributed by atoms with Crippen LogP contribution < -0.4 is 4.90 Å². The van der Waals surface area contributed by atoms with Crippen LogP contribution in [0.1, 0.15) is 29.2 Å². The third-order valence-electron chi connectivity index (χ3n) is 5.61. The molecule has 0 unspecified atom stereocenters. The number of hydrogen-bond donors (Lipinski definition) is 1. The van der Waals surface area contributed by atoms with Crippen LogP contribution in [-0.4, -0.2) is 44.2 Å². The van der Waals surface area contributed by atoms with Crippen molar-refractivity contribution in [3.63, 3.8) is 0 Å². The summed E-state index contributed by atoms with van der Waals surface area (Å²) in [6.45, 7) is 5.48. The Hall–Kier alpha value is -2.65. The molecule has 3 nitrogen and oxygen atoms in total. The van der Waals surface area contributed by atoms with Crippen LogP contribution in [0, 0.1) is 5.92 Å². The van der Waals surface area contributed by atoms with Crippen LogP contribution in [-0.2, 0) is 13.1 Å². The van der Waals surface area contributed by atoms with Crippen molar-refractivity contribution < 1.29 is 5.11 Å². The molecule has 3 rings (SSSR count). The quantitative estimate of drug-likeness (QED) is 0.303. The molecule has 0 heterocycles. The molecule has 2 atom stereocenters. The molecule has 4 heteroatoms. The average Bonchev–Trinajstić information content (AvgIpc) is 2.82. The molecule has 0 saturated heterocycles. The van der Waals surface area contributed by atoms with Crippen LogP contribution in [0.15, 0.2) is 97.6 Å². The van der Waals surface area contributed by atoms with E-state index < -0.39 is 6.10 Å². The van der Waals surface area contributed by atoms with Gasteiger partial charge in [0.2, 0.25) is 0 Å². The van der Waals surface area contributed by atoms with E-state index in [4.69, 9.17) is 0 Å². The Morgan fingerprint density at radius 3 is 1.81 bits per heavy atom. The molecule has 0 aliphatic rings. The Balaban J connectivity index is 1.87. The fourth-order valence-electron chi connectivity index (χ4n) is 3.80. The van der Waals surface area contributed by atoms with Crippen LogP contribution in [0.4, 0.5) is 5.69 Å². The van der Waals surface area contributed by atoms with Gasteiger partial charge in [-0.25, -0.2) is 0 Å². The monoisotopic (exact) mass is 492 g/mol. The molecule has 0 aliphatic heterocycles. The summed E-state index contributed by atoms with van der Waals surface area (Å²) in [5.41, 5.74) is 4.49. The van der Waals surface area contributed by atoms with Crippen LogP contribution in [0.2, 0.25) is 0 Å². The normalized spacial score (nSPS) is 12.6. The number of anilines is 1. The summed E-state index contributed by atoms with van der Waals surface area (Å²) in [6.07, 6.45) is 1.94. The molecule has 0 amide bonds. The van der Waals surface area contributed by atoms with E-state index in [1.165, 1.54) is 11.1 Å². The molecule has 3 aromatic rings. The summed E-state index contributed by atoms with van der Waals surface area (Å²) in [7, 11) is 4.04. The van der Waals surface area contributed by atoms with E-state index >= 15 is 0 Å². The average molecular weight is 492 g/mol. The van der Waals surface area contributed by atoms with Gasteiger partial charge in [0, 0.05) is 0 Å². The summed E-state index contributed by atoms with van der Waals surface area (Å²) < 4.78 is 1.04. The van der Waals surface area contributed by atoms with Gasteiger partial charge in [-0.2, -0.15) is 0 Å². The minimum absolute atomic E-state index is 0.106. The Bertz CT molecular complexity index is 945. The number of benzene rings is 3. The molecule has 166 valence electrons. The maximum absolute atomic E-state index is 11.4. The van der Waals surface area contributed by atoms with E-state index in [1.54, 1.807) is 0 Å². The Labute approximate surface area is 200 Å². The van der Waals surface area contributed by atoms with Crippen LogP contribution >= 0.6 is 0 Å². The Morgan fingerprint density at radius 1 is 0.875 bits per heavy atom. The van der Waals surface area contributed by atoms with E-state index in [2.05, 4.69) is 80.5 Å². The van der Waals surface area contributed by atoms with E-state index in [0.717, 1.165) is 28.9 Å². The molecule has 3 aromatic carbocycles. The summed E-state index contributed by atoms with van der Waals surface area (Å²) >= 11 is 3.31. The molecule has 0 saturated carbocycles. The van der Waals surface area contributed by atoms with Crippen molar-refractivity contribution in [2.24, 2.45) is 5.92 Å². The minimum atomic E-state index is -0.630. The topological polar surface area (TPSA) is 26.7 Å². The van der Waals surface area contributed by atoms with Gasteiger partial charge in [0.1, 0.15) is 0 Å². The van der Waals surface area contributed by atoms with E-state index in [-0.39, 0.29) is 5.92 Å². The summed E-state index contributed by atoms with van der Waals surface area (Å²) in [5.74, 6) is -0.106. The van der Waals surface area contributed by atoms with Crippen molar-refractivity contribution >= 4 is 25.8 Å². The third kappa shape index (κ3) is 6.43. The first-order chi connectivity index (χ1) is 15.5. The van der Waals surface area contributed by atoms with Gasteiger partial charge in [-0.15, -0.1) is 0 Å². The SMILES string of the molecule is C=CC[C@H](C(=[Se])N(Cc1ccccc1)Cc1ccccc1)[C@H](O)c1ccc(N(C)C)cc1. The number of aliphatic hydroxyl groups is 1. The molecular formula is C28H32N2OSe. The molecule has 1 N–H and O–H groups in total. The molecule has 0 spiro atoms. The zero-order valence-electron chi connectivity index (χ0n) is 18.9. The molecule has 0 bridgehead atoms. The zero-order chi connectivity index (χ0) is 22.9. The van der Waals surface area contributed by atoms with E-state index in [1.807, 2.05) is 56.6 Å². The van der Waals surface area contributed by atoms with Gasteiger partial charge in [-0.1, -0.05) is 0 Å². The van der Waals surface area contributed by atoms with Gasteiger partial charge in [0.15, 0.2) is 0 Å². The summed E-state index contributed by atoms with van der Waals surface area (Å²) in [5, 5.41) is 11.4. The maximum atomic E-state index is 11.4. The van der Waals surface area contributed by atoms with Crippen LogP contribution in [0.5, 0.6) is 0 Å². The number of aliphatic hydroxyl groups excluding tert-OH is 1. The van der Waals surface area contributed by atoms with Gasteiger partial charge in [0.05, 0.1) is 0 Å². The standard InChI is InChI=1S/C28H32N2OSe/c1-4-11-26(27(31)24-16-18-25(19-17-24)29(2)3)28(32)30(20-22-12-7-5-8-13-22)21-23-14-9-6-10-15-23/h4-10,12-19,26-27,31H,1,11,20-21H2,2-3H3/t26-,27+/m0/s1. The number of hydrogen-bond acceptors (Lipinski definition) is 3. The van der Waals surface area contributed by atoms with Crippen molar-refractivity contribution in [1.82, 2.24) is 4.90 Å². The molecule has 0 aliphatic carbocycles. The molecule has 0 aromatic heterocycles. The van der Waals surface area contributed by atoms with Crippen molar-refractivity contribution in [3.8, 4) is 0 Å². The van der Waals surface area contributed by atoms with E-state index in [9.17, 15) is 5.11 Å². The summed E-state index contributed by atoms with van der Waals surface area (Å²) in [6, 6.07) is 29.0. The number of allylic oxidation sites excluding steroid dienone is 1. The predicted octanol–water partition coefficient (Wildman–Crippen LogP) is 4.98. The molecule has 0 fully saturated rings. The van der Waals surface area contributed by atoms with Crippen molar-refractivity contribution in [3.05, 3.63) is 114 Å². The second kappa shape index (κ2) is 11.8. The molecule has 32 heavy (non-hydrogen) atoms. The Kier molecular flexibility index (Phi) is 8.87. The number of rotatable bonds is 11. The Morgan fingerprint density at radius 2 is 1.38 bits per heavy atom. The van der Waals surface area contributed by atoms with Crippen molar-refractivity contribution in [2.45, 2.75) is 25.6 Å². The van der Waals surface area contributed by atoms with Crippen LogP contribution in [0.3, 0.4) is 0 Å². The fraction of sp³-hybridized carbons (Fsp3) is 0.250. The van der Waals surface area contributed by atoms with Crippen molar-refractivity contribution in [2.75, 3.05) is 19.0 Å². The van der Waals surface area contributed by atoms with Crippen molar-refractivity contribution in [1.29, 1.82) is 0 Å². The molecular weight excluding hydrogens is 459 g/mol. The van der Waals surface area contributed by atoms with Crippen LogP contribution in [0.25, 0.3) is 0 Å². The summed E-state index contributed by atoms with van der Waals surface area (Å²) in [4.78, 5) is 4.39. The first-order valence-electron chi connectivity index (χ1n) is 10.9. The van der Waals surface area contributed by atoms with Gasteiger partial charge in [-0.05, 0) is 0 Å². The van der Waals surface area contributed by atoms with Gasteiger partial charge < -0.3 is 0 Å². The van der Waals surface area contributed by atoms with Gasteiger partial charge in [0.25, 0.3) is 0 Å². The first kappa shape index (κ1) is 24.0.